The molecule has 88 valence electrons. The first kappa shape index (κ1) is 14.2. The molecule has 0 radical (unpaired) electrons. The second-order valence-corrected chi connectivity index (χ2v) is 4.67. The van der Waals surface area contributed by atoms with Crippen LogP contribution in [0.15, 0.2) is 11.6 Å². The predicted octanol–water partition coefficient (Wildman–Crippen LogP) is 3.24. The second-order valence-electron chi connectivity index (χ2n) is 4.67. The number of carbonyl (C=O) groups excluding carboxylic acids is 1. The molecule has 1 aliphatic rings. The molecular formula is C13H25NO. The molecule has 0 unspecified atom stereocenters. The predicted molar refractivity (Wildman–Crippen MR) is 65.8 cm³/mol. The van der Waals surface area contributed by atoms with Crippen molar-refractivity contribution in [2.75, 3.05) is 13.1 Å². The van der Waals surface area contributed by atoms with E-state index in [4.69, 9.17) is 0 Å². The lowest BCUT2D eigenvalue weighted by molar-refractivity contribution is -0.128. The average molecular weight is 211 g/mol. The van der Waals surface area contributed by atoms with Gasteiger partial charge < -0.3 is 4.90 Å². The number of allylic oxidation sites excluding steroid dienone is 1. The van der Waals surface area contributed by atoms with E-state index in [1.165, 1.54) is 5.57 Å². The van der Waals surface area contributed by atoms with Crippen LogP contribution >= 0.6 is 0 Å². The molecule has 0 aromatic heterocycles. The van der Waals surface area contributed by atoms with Crippen LogP contribution in [0.25, 0.3) is 0 Å². The van der Waals surface area contributed by atoms with Crippen LogP contribution in [0.3, 0.4) is 0 Å². The minimum absolute atomic E-state index is 0.186. The molecule has 0 aromatic rings. The zero-order valence-electron chi connectivity index (χ0n) is 11.1. The van der Waals surface area contributed by atoms with Crippen LogP contribution in [0.1, 0.15) is 48.0 Å². The number of hydrogen-bond donors (Lipinski definition) is 0. The lowest BCUT2D eigenvalue weighted by atomic mass is 9.88. The van der Waals surface area contributed by atoms with Crippen molar-refractivity contribution < 1.29 is 4.79 Å². The maximum absolute atomic E-state index is 11.2. The number of rotatable bonds is 0. The van der Waals surface area contributed by atoms with Gasteiger partial charge in [-0.15, -0.1) is 0 Å². The van der Waals surface area contributed by atoms with Gasteiger partial charge >= 0.3 is 0 Å². The van der Waals surface area contributed by atoms with Crippen molar-refractivity contribution in [3.63, 3.8) is 0 Å². The van der Waals surface area contributed by atoms with Crippen molar-refractivity contribution in [3.05, 3.63) is 11.6 Å². The molecule has 0 atom stereocenters. The topological polar surface area (TPSA) is 20.3 Å². The SMILES string of the molecule is CC.CC(=O)N1CCC(C)(C)C=C(C)C1. The summed E-state index contributed by atoms with van der Waals surface area (Å²) in [7, 11) is 0. The van der Waals surface area contributed by atoms with E-state index in [-0.39, 0.29) is 11.3 Å². The Morgan fingerprint density at radius 3 is 2.40 bits per heavy atom. The summed E-state index contributed by atoms with van der Waals surface area (Å²) in [4.78, 5) is 13.1. The van der Waals surface area contributed by atoms with E-state index in [0.29, 0.717) is 0 Å². The van der Waals surface area contributed by atoms with Crippen molar-refractivity contribution in [3.8, 4) is 0 Å². The van der Waals surface area contributed by atoms with E-state index in [0.717, 1.165) is 19.5 Å². The van der Waals surface area contributed by atoms with E-state index in [1.54, 1.807) is 6.92 Å². The van der Waals surface area contributed by atoms with Crippen LogP contribution in [0.2, 0.25) is 0 Å². The van der Waals surface area contributed by atoms with Crippen molar-refractivity contribution >= 4 is 5.91 Å². The minimum Gasteiger partial charge on any atom is -0.339 e. The Kier molecular flexibility index (Phi) is 5.63. The molecule has 0 fully saturated rings. The van der Waals surface area contributed by atoms with E-state index in [2.05, 4.69) is 26.8 Å². The van der Waals surface area contributed by atoms with Crippen LogP contribution in [-0.4, -0.2) is 23.9 Å². The van der Waals surface area contributed by atoms with Crippen molar-refractivity contribution in [2.45, 2.75) is 48.0 Å². The average Bonchev–Trinajstić information content (AvgIpc) is 2.26. The minimum atomic E-state index is 0.186. The zero-order chi connectivity index (χ0) is 12.1. The molecule has 1 heterocycles. The molecule has 2 heteroatoms. The summed E-state index contributed by atoms with van der Waals surface area (Å²) in [5, 5.41) is 0. The van der Waals surface area contributed by atoms with Crippen LogP contribution in [0.4, 0.5) is 0 Å². The Hall–Kier alpha value is -0.790. The first-order valence-electron chi connectivity index (χ1n) is 5.84. The molecule has 2 nitrogen and oxygen atoms in total. The Morgan fingerprint density at radius 1 is 1.40 bits per heavy atom. The van der Waals surface area contributed by atoms with Gasteiger partial charge in [0.1, 0.15) is 0 Å². The Labute approximate surface area is 94.4 Å². The number of amides is 1. The van der Waals surface area contributed by atoms with Crippen molar-refractivity contribution in [1.82, 2.24) is 4.90 Å². The van der Waals surface area contributed by atoms with Crippen LogP contribution in [0.5, 0.6) is 0 Å². The van der Waals surface area contributed by atoms with Crippen LogP contribution in [-0.2, 0) is 4.79 Å². The largest absolute Gasteiger partial charge is 0.339 e. The highest BCUT2D eigenvalue weighted by molar-refractivity contribution is 5.73. The van der Waals surface area contributed by atoms with Crippen LogP contribution in [0, 0.1) is 5.41 Å². The van der Waals surface area contributed by atoms with Gasteiger partial charge in [0.2, 0.25) is 5.91 Å². The molecule has 0 bridgehead atoms. The molecule has 0 spiro atoms. The third-order valence-corrected chi connectivity index (χ3v) is 2.55. The Bertz CT molecular complexity index is 241. The smallest absolute Gasteiger partial charge is 0.219 e. The summed E-state index contributed by atoms with van der Waals surface area (Å²) in [5.41, 5.74) is 1.55. The summed E-state index contributed by atoms with van der Waals surface area (Å²) >= 11 is 0. The quantitative estimate of drug-likeness (QED) is 0.563. The molecule has 1 amide bonds. The maximum atomic E-state index is 11.2. The van der Waals surface area contributed by atoms with Gasteiger partial charge in [-0.05, 0) is 18.8 Å². The standard InChI is InChI=1S/C11H19NO.C2H6/c1-9-7-11(3,4)5-6-12(8-9)10(2)13;1-2/h7H,5-6,8H2,1-4H3;1-2H3. The molecule has 15 heavy (non-hydrogen) atoms. The van der Waals surface area contributed by atoms with Gasteiger partial charge in [0.25, 0.3) is 0 Å². The van der Waals surface area contributed by atoms with Gasteiger partial charge in [0.15, 0.2) is 0 Å². The van der Waals surface area contributed by atoms with Gasteiger partial charge in [-0.3, -0.25) is 4.79 Å². The zero-order valence-corrected chi connectivity index (χ0v) is 11.1. The molecule has 0 saturated carbocycles. The summed E-state index contributed by atoms with van der Waals surface area (Å²) < 4.78 is 0. The van der Waals surface area contributed by atoms with Gasteiger partial charge in [0, 0.05) is 20.0 Å². The molecule has 0 saturated heterocycles. The number of carbonyl (C=O) groups is 1. The molecule has 0 aliphatic carbocycles. The van der Waals surface area contributed by atoms with Crippen LogP contribution < -0.4 is 0 Å². The fraction of sp³-hybridized carbons (Fsp3) is 0.769. The summed E-state index contributed by atoms with van der Waals surface area (Å²) in [6.45, 7) is 13.9. The fourth-order valence-corrected chi connectivity index (χ4v) is 1.86. The normalized spacial score (nSPS) is 19.6. The molecule has 1 rings (SSSR count). The van der Waals surface area contributed by atoms with E-state index in [9.17, 15) is 4.79 Å². The van der Waals surface area contributed by atoms with E-state index >= 15 is 0 Å². The van der Waals surface area contributed by atoms with Crippen molar-refractivity contribution in [2.24, 2.45) is 5.41 Å². The number of nitrogens with zero attached hydrogens (tertiary/aromatic N) is 1. The lowest BCUT2D eigenvalue weighted by Gasteiger charge is -2.21. The molecule has 0 aromatic carbocycles. The highest BCUT2D eigenvalue weighted by atomic mass is 16.2. The summed E-state index contributed by atoms with van der Waals surface area (Å²) in [6.07, 6.45) is 3.35. The highest BCUT2D eigenvalue weighted by Crippen LogP contribution is 2.27. The molecule has 0 N–H and O–H groups in total. The fourth-order valence-electron chi connectivity index (χ4n) is 1.86. The molecular weight excluding hydrogens is 186 g/mol. The van der Waals surface area contributed by atoms with Gasteiger partial charge in [-0.1, -0.05) is 39.3 Å². The first-order chi connectivity index (χ1) is 6.91. The van der Waals surface area contributed by atoms with Gasteiger partial charge in [-0.2, -0.15) is 0 Å². The van der Waals surface area contributed by atoms with Gasteiger partial charge in [-0.25, -0.2) is 0 Å². The Balaban J connectivity index is 0.000000921. The van der Waals surface area contributed by atoms with Crippen molar-refractivity contribution in [1.29, 1.82) is 0 Å². The third kappa shape index (κ3) is 5.01. The first-order valence-corrected chi connectivity index (χ1v) is 5.84. The lowest BCUT2D eigenvalue weighted by Crippen LogP contribution is -2.31. The third-order valence-electron chi connectivity index (χ3n) is 2.55. The highest BCUT2D eigenvalue weighted by Gasteiger charge is 2.22. The second kappa shape index (κ2) is 5.94. The van der Waals surface area contributed by atoms with E-state index < -0.39 is 0 Å². The maximum Gasteiger partial charge on any atom is 0.219 e. The summed E-state index contributed by atoms with van der Waals surface area (Å²) in [6, 6.07) is 0. The number of hydrogen-bond acceptors (Lipinski definition) is 1. The monoisotopic (exact) mass is 211 g/mol. The summed E-state index contributed by atoms with van der Waals surface area (Å²) in [5.74, 6) is 0.186. The Morgan fingerprint density at radius 2 is 1.93 bits per heavy atom. The van der Waals surface area contributed by atoms with Gasteiger partial charge in [0.05, 0.1) is 0 Å². The molecule has 1 aliphatic heterocycles. The van der Waals surface area contributed by atoms with E-state index in [1.807, 2.05) is 18.7 Å².